The molecule has 0 radical (unpaired) electrons. The highest BCUT2D eigenvalue weighted by Crippen LogP contribution is 2.16. The predicted molar refractivity (Wildman–Crippen MR) is 66.3 cm³/mol. The van der Waals surface area contributed by atoms with Gasteiger partial charge in [0.1, 0.15) is 0 Å². The smallest absolute Gasteiger partial charge is 0.317 e. The molecule has 2 N–H and O–H groups in total. The van der Waals surface area contributed by atoms with E-state index in [0.717, 1.165) is 6.42 Å². The third kappa shape index (κ3) is 3.87. The van der Waals surface area contributed by atoms with E-state index in [1.165, 1.54) is 0 Å². The summed E-state index contributed by atoms with van der Waals surface area (Å²) in [5, 5.41) is 11.6. The minimum absolute atomic E-state index is 0.186. The van der Waals surface area contributed by atoms with Gasteiger partial charge in [0.15, 0.2) is 0 Å². The minimum atomic E-state index is -0.901. The lowest BCUT2D eigenvalue weighted by Gasteiger charge is -2.23. The van der Waals surface area contributed by atoms with Crippen LogP contribution in [0.25, 0.3) is 0 Å². The number of urea groups is 1. The van der Waals surface area contributed by atoms with Crippen LogP contribution in [0, 0.1) is 11.8 Å². The van der Waals surface area contributed by atoms with Crippen molar-refractivity contribution in [2.24, 2.45) is 11.8 Å². The second-order valence-electron chi connectivity index (χ2n) is 4.92. The zero-order valence-corrected chi connectivity index (χ0v) is 11.2. The van der Waals surface area contributed by atoms with Crippen molar-refractivity contribution in [3.05, 3.63) is 0 Å². The van der Waals surface area contributed by atoms with Gasteiger partial charge in [-0.3, -0.25) is 4.79 Å². The quantitative estimate of drug-likeness (QED) is 0.763. The van der Waals surface area contributed by atoms with Crippen LogP contribution in [-0.2, 0) is 9.53 Å². The molecule has 1 saturated heterocycles. The maximum absolute atomic E-state index is 11.9. The van der Waals surface area contributed by atoms with Crippen LogP contribution in [0.2, 0.25) is 0 Å². The number of carbonyl (C=O) groups is 2. The first kappa shape index (κ1) is 14.8. The van der Waals surface area contributed by atoms with Gasteiger partial charge in [0.25, 0.3) is 0 Å². The number of amides is 2. The molecule has 0 bridgehead atoms. The molecule has 3 unspecified atom stereocenters. The van der Waals surface area contributed by atoms with Crippen LogP contribution in [-0.4, -0.2) is 54.9 Å². The molecule has 0 aromatic rings. The molecule has 18 heavy (non-hydrogen) atoms. The Bertz CT molecular complexity index is 308. The van der Waals surface area contributed by atoms with Crippen LogP contribution < -0.4 is 5.32 Å². The zero-order valence-electron chi connectivity index (χ0n) is 11.2. The van der Waals surface area contributed by atoms with Gasteiger partial charge in [0.05, 0.1) is 12.5 Å². The second-order valence-corrected chi connectivity index (χ2v) is 4.92. The van der Waals surface area contributed by atoms with Gasteiger partial charge in [0, 0.05) is 32.2 Å². The van der Waals surface area contributed by atoms with Gasteiger partial charge in [-0.05, 0) is 20.3 Å². The summed E-state index contributed by atoms with van der Waals surface area (Å²) in [6.45, 7) is 5.33. The number of likely N-dealkylation sites (tertiary alicyclic amines) is 1. The number of carbonyl (C=O) groups excluding carboxylic acids is 1. The highest BCUT2D eigenvalue weighted by molar-refractivity contribution is 5.76. The lowest BCUT2D eigenvalue weighted by atomic mass is 10.0. The number of carboxylic acid groups (broad SMARTS) is 1. The summed E-state index contributed by atoms with van der Waals surface area (Å²) in [7, 11) is 1.65. The summed E-state index contributed by atoms with van der Waals surface area (Å²) in [4.78, 5) is 24.4. The van der Waals surface area contributed by atoms with Gasteiger partial charge in [-0.25, -0.2) is 4.79 Å². The Morgan fingerprint density at radius 3 is 2.72 bits per heavy atom. The van der Waals surface area contributed by atoms with Crippen LogP contribution in [0.4, 0.5) is 4.79 Å². The van der Waals surface area contributed by atoms with Crippen LogP contribution >= 0.6 is 0 Å². The van der Waals surface area contributed by atoms with Crippen LogP contribution in [0.15, 0.2) is 0 Å². The molecule has 1 rings (SSSR count). The molecular weight excluding hydrogens is 236 g/mol. The number of ether oxygens (including phenoxy) is 1. The van der Waals surface area contributed by atoms with Gasteiger partial charge in [-0.2, -0.15) is 0 Å². The largest absolute Gasteiger partial charge is 0.481 e. The number of nitrogens with one attached hydrogen (secondary N) is 1. The Balaban J connectivity index is 2.40. The minimum Gasteiger partial charge on any atom is -0.481 e. The van der Waals surface area contributed by atoms with Crippen molar-refractivity contribution in [2.45, 2.75) is 26.3 Å². The standard InChI is InChI=1S/C12H22N2O4/c1-8(11(15)16)9(2)13-12(17)14-5-4-10(6-14)7-18-3/h8-10H,4-7H2,1-3H3,(H,13,17)(H,15,16). The molecule has 1 aliphatic rings. The summed E-state index contributed by atoms with van der Waals surface area (Å²) in [6, 6.07) is -0.564. The van der Waals surface area contributed by atoms with Crippen molar-refractivity contribution in [3.63, 3.8) is 0 Å². The Morgan fingerprint density at radius 1 is 1.50 bits per heavy atom. The van der Waals surface area contributed by atoms with Crippen LogP contribution in [0.3, 0.4) is 0 Å². The third-order valence-electron chi connectivity index (χ3n) is 3.47. The van der Waals surface area contributed by atoms with E-state index in [2.05, 4.69) is 5.32 Å². The third-order valence-corrected chi connectivity index (χ3v) is 3.47. The monoisotopic (exact) mass is 258 g/mol. The van der Waals surface area contributed by atoms with Gasteiger partial charge < -0.3 is 20.1 Å². The summed E-state index contributed by atoms with van der Waals surface area (Å²) >= 11 is 0. The Hall–Kier alpha value is -1.30. The Kier molecular flexibility index (Phi) is 5.40. The van der Waals surface area contributed by atoms with E-state index in [0.29, 0.717) is 25.6 Å². The van der Waals surface area contributed by atoms with Crippen molar-refractivity contribution in [1.82, 2.24) is 10.2 Å². The van der Waals surface area contributed by atoms with E-state index in [1.807, 2.05) is 0 Å². The number of hydrogen-bond acceptors (Lipinski definition) is 3. The molecule has 3 atom stereocenters. The molecule has 2 amide bonds. The highest BCUT2D eigenvalue weighted by atomic mass is 16.5. The number of carboxylic acids is 1. The van der Waals surface area contributed by atoms with Crippen molar-refractivity contribution in [3.8, 4) is 0 Å². The van der Waals surface area contributed by atoms with Crippen molar-refractivity contribution in [2.75, 3.05) is 26.8 Å². The van der Waals surface area contributed by atoms with E-state index in [1.54, 1.807) is 25.9 Å². The average molecular weight is 258 g/mol. The van der Waals surface area contributed by atoms with Gasteiger partial charge in [0.2, 0.25) is 0 Å². The molecule has 0 saturated carbocycles. The molecule has 1 aliphatic heterocycles. The number of rotatable bonds is 5. The van der Waals surface area contributed by atoms with E-state index < -0.39 is 11.9 Å². The molecule has 6 nitrogen and oxygen atoms in total. The first-order chi connectivity index (χ1) is 8.45. The molecule has 1 fully saturated rings. The highest BCUT2D eigenvalue weighted by Gasteiger charge is 2.28. The molecular formula is C12H22N2O4. The molecule has 104 valence electrons. The Morgan fingerprint density at radius 2 is 2.17 bits per heavy atom. The Labute approximate surface area is 107 Å². The molecule has 0 aliphatic carbocycles. The molecule has 0 aromatic carbocycles. The summed E-state index contributed by atoms with van der Waals surface area (Å²) in [5.41, 5.74) is 0. The number of hydrogen-bond donors (Lipinski definition) is 2. The first-order valence-corrected chi connectivity index (χ1v) is 6.22. The number of nitrogens with zero attached hydrogens (tertiary/aromatic N) is 1. The van der Waals surface area contributed by atoms with Crippen molar-refractivity contribution < 1.29 is 19.4 Å². The average Bonchev–Trinajstić information content (AvgIpc) is 2.77. The predicted octanol–water partition coefficient (Wildman–Crippen LogP) is 0.773. The number of methoxy groups -OCH3 is 1. The van der Waals surface area contributed by atoms with E-state index in [-0.39, 0.29) is 12.1 Å². The van der Waals surface area contributed by atoms with E-state index >= 15 is 0 Å². The topological polar surface area (TPSA) is 78.9 Å². The fourth-order valence-corrected chi connectivity index (χ4v) is 2.01. The normalized spacial score (nSPS) is 22.6. The van der Waals surface area contributed by atoms with Crippen LogP contribution in [0.1, 0.15) is 20.3 Å². The van der Waals surface area contributed by atoms with Crippen LogP contribution in [0.5, 0.6) is 0 Å². The maximum atomic E-state index is 11.9. The van der Waals surface area contributed by atoms with Crippen molar-refractivity contribution in [1.29, 1.82) is 0 Å². The lowest BCUT2D eigenvalue weighted by molar-refractivity contribution is -0.141. The lowest BCUT2D eigenvalue weighted by Crippen LogP contribution is -2.46. The molecule has 0 aromatic heterocycles. The summed E-state index contributed by atoms with van der Waals surface area (Å²) < 4.78 is 5.07. The second kappa shape index (κ2) is 6.58. The summed E-state index contributed by atoms with van der Waals surface area (Å²) in [6.07, 6.45) is 0.935. The fourth-order valence-electron chi connectivity index (χ4n) is 2.01. The van der Waals surface area contributed by atoms with Gasteiger partial charge >= 0.3 is 12.0 Å². The molecule has 1 heterocycles. The van der Waals surface area contributed by atoms with Gasteiger partial charge in [-0.15, -0.1) is 0 Å². The fraction of sp³-hybridized carbons (Fsp3) is 0.833. The zero-order chi connectivity index (χ0) is 13.7. The first-order valence-electron chi connectivity index (χ1n) is 6.22. The van der Waals surface area contributed by atoms with E-state index in [9.17, 15) is 9.59 Å². The summed E-state index contributed by atoms with van der Waals surface area (Å²) in [5.74, 6) is -1.11. The number of aliphatic carboxylic acids is 1. The molecule has 0 spiro atoms. The SMILES string of the molecule is COCC1CCN(C(=O)NC(C)C(C)C(=O)O)C1. The van der Waals surface area contributed by atoms with E-state index in [4.69, 9.17) is 9.84 Å². The van der Waals surface area contributed by atoms with Crippen molar-refractivity contribution >= 4 is 12.0 Å². The molecule has 6 heteroatoms. The van der Waals surface area contributed by atoms with Gasteiger partial charge in [-0.1, -0.05) is 0 Å². The maximum Gasteiger partial charge on any atom is 0.317 e.